The molecule has 0 aromatic rings. The highest BCUT2D eigenvalue weighted by Crippen LogP contribution is 2.14. The smallest absolute Gasteiger partial charge is 0.410 e. The molecule has 1 fully saturated rings. The molecule has 1 heterocycles. The highest BCUT2D eigenvalue weighted by molar-refractivity contribution is 5.78. The lowest BCUT2D eigenvalue weighted by atomic mass is 10.1. The minimum Gasteiger partial charge on any atom is -0.444 e. The summed E-state index contributed by atoms with van der Waals surface area (Å²) in [5, 5.41) is 0. The summed E-state index contributed by atoms with van der Waals surface area (Å²) in [6.45, 7) is 12.1. The van der Waals surface area contributed by atoms with Crippen LogP contribution in [0.3, 0.4) is 0 Å². The third-order valence-electron chi connectivity index (χ3n) is 3.49. The van der Waals surface area contributed by atoms with Crippen LogP contribution in [0.5, 0.6) is 0 Å². The van der Waals surface area contributed by atoms with Crippen molar-refractivity contribution in [2.45, 2.75) is 53.1 Å². The van der Waals surface area contributed by atoms with Crippen molar-refractivity contribution >= 4 is 12.0 Å². The third kappa shape index (κ3) is 5.02. The molecule has 0 radical (unpaired) electrons. The van der Waals surface area contributed by atoms with Crippen LogP contribution in [0.4, 0.5) is 4.79 Å². The van der Waals surface area contributed by atoms with Crippen molar-refractivity contribution in [3.8, 4) is 0 Å². The molecule has 0 N–H and O–H groups in total. The molecule has 1 aliphatic heterocycles. The molecule has 1 saturated heterocycles. The summed E-state index contributed by atoms with van der Waals surface area (Å²) in [4.78, 5) is 27.8. The highest BCUT2D eigenvalue weighted by atomic mass is 16.6. The minimum absolute atomic E-state index is 0.0584. The first-order valence-electron chi connectivity index (χ1n) is 7.51. The molecule has 2 amide bonds. The Morgan fingerprint density at radius 3 is 2.20 bits per heavy atom. The SMILES string of the molecule is CCC(C)C(=O)N1CCCN(C(=O)OC(C)(C)C)CC1. The molecule has 5 heteroatoms. The summed E-state index contributed by atoms with van der Waals surface area (Å²) in [6, 6.07) is 0. The fourth-order valence-electron chi connectivity index (χ4n) is 2.13. The summed E-state index contributed by atoms with van der Waals surface area (Å²) in [6.07, 6.45) is 1.38. The van der Waals surface area contributed by atoms with Gasteiger partial charge in [-0.1, -0.05) is 13.8 Å². The molecule has 116 valence electrons. The molecule has 1 aliphatic rings. The molecular weight excluding hydrogens is 256 g/mol. The maximum atomic E-state index is 12.2. The van der Waals surface area contributed by atoms with Crippen molar-refractivity contribution in [3.63, 3.8) is 0 Å². The van der Waals surface area contributed by atoms with Gasteiger partial charge in [0.25, 0.3) is 0 Å². The second kappa shape index (κ2) is 6.95. The van der Waals surface area contributed by atoms with E-state index in [1.54, 1.807) is 4.90 Å². The number of rotatable bonds is 2. The molecule has 0 aromatic heterocycles. The highest BCUT2D eigenvalue weighted by Gasteiger charge is 2.27. The zero-order valence-corrected chi connectivity index (χ0v) is 13.4. The van der Waals surface area contributed by atoms with E-state index >= 15 is 0 Å². The molecule has 1 unspecified atom stereocenters. The molecular formula is C15H28N2O3. The lowest BCUT2D eigenvalue weighted by Gasteiger charge is -2.27. The second-order valence-electron chi connectivity index (χ2n) is 6.46. The number of amides is 2. The molecule has 1 rings (SSSR count). The molecule has 0 spiro atoms. The van der Waals surface area contributed by atoms with Gasteiger partial charge < -0.3 is 14.5 Å². The fourth-order valence-corrected chi connectivity index (χ4v) is 2.13. The Morgan fingerprint density at radius 2 is 1.65 bits per heavy atom. The van der Waals surface area contributed by atoms with E-state index in [0.29, 0.717) is 19.6 Å². The lowest BCUT2D eigenvalue weighted by Crippen LogP contribution is -2.41. The Labute approximate surface area is 122 Å². The van der Waals surface area contributed by atoms with E-state index in [0.717, 1.165) is 19.4 Å². The van der Waals surface area contributed by atoms with Gasteiger partial charge >= 0.3 is 6.09 Å². The molecule has 20 heavy (non-hydrogen) atoms. The van der Waals surface area contributed by atoms with E-state index in [-0.39, 0.29) is 17.9 Å². The first-order valence-corrected chi connectivity index (χ1v) is 7.51. The first kappa shape index (κ1) is 16.8. The monoisotopic (exact) mass is 284 g/mol. The molecule has 0 aromatic carbocycles. The summed E-state index contributed by atoms with van der Waals surface area (Å²) in [5.74, 6) is 0.251. The van der Waals surface area contributed by atoms with Crippen LogP contribution in [0.1, 0.15) is 47.5 Å². The van der Waals surface area contributed by atoms with Gasteiger partial charge in [0.2, 0.25) is 5.91 Å². The van der Waals surface area contributed by atoms with Gasteiger partial charge in [-0.3, -0.25) is 4.79 Å². The van der Waals surface area contributed by atoms with Gasteiger partial charge in [0.05, 0.1) is 0 Å². The zero-order chi connectivity index (χ0) is 15.3. The number of hydrogen-bond donors (Lipinski definition) is 0. The Hall–Kier alpha value is -1.26. The molecule has 0 bridgehead atoms. The van der Waals surface area contributed by atoms with Crippen LogP contribution in [-0.2, 0) is 9.53 Å². The van der Waals surface area contributed by atoms with Crippen LogP contribution < -0.4 is 0 Å². The average Bonchev–Trinajstić information content (AvgIpc) is 2.60. The number of nitrogens with zero attached hydrogens (tertiary/aromatic N) is 2. The number of carbonyl (C=O) groups excluding carboxylic acids is 2. The van der Waals surface area contributed by atoms with Crippen molar-refractivity contribution < 1.29 is 14.3 Å². The van der Waals surface area contributed by atoms with Crippen LogP contribution in [0.2, 0.25) is 0 Å². The van der Waals surface area contributed by atoms with Crippen LogP contribution in [0.25, 0.3) is 0 Å². The van der Waals surface area contributed by atoms with Crippen LogP contribution in [0, 0.1) is 5.92 Å². The molecule has 1 atom stereocenters. The van der Waals surface area contributed by atoms with Gasteiger partial charge in [0.1, 0.15) is 5.60 Å². The summed E-state index contributed by atoms with van der Waals surface area (Å²) < 4.78 is 5.38. The van der Waals surface area contributed by atoms with E-state index in [4.69, 9.17) is 4.74 Å². The van der Waals surface area contributed by atoms with E-state index in [2.05, 4.69) is 0 Å². The fraction of sp³-hybridized carbons (Fsp3) is 0.867. The largest absolute Gasteiger partial charge is 0.444 e. The van der Waals surface area contributed by atoms with Gasteiger partial charge in [-0.15, -0.1) is 0 Å². The summed E-state index contributed by atoms with van der Waals surface area (Å²) in [7, 11) is 0. The van der Waals surface area contributed by atoms with E-state index in [9.17, 15) is 9.59 Å². The van der Waals surface area contributed by atoms with Crippen molar-refractivity contribution in [3.05, 3.63) is 0 Å². The van der Waals surface area contributed by atoms with Gasteiger partial charge in [-0.25, -0.2) is 4.79 Å². The molecule has 0 aliphatic carbocycles. The van der Waals surface area contributed by atoms with Gasteiger partial charge in [-0.05, 0) is 33.6 Å². The van der Waals surface area contributed by atoms with Gasteiger partial charge in [-0.2, -0.15) is 0 Å². The Bertz CT molecular complexity index is 350. The normalized spacial score (nSPS) is 18.4. The molecule has 5 nitrogen and oxygen atoms in total. The van der Waals surface area contributed by atoms with Crippen molar-refractivity contribution in [2.24, 2.45) is 5.92 Å². The van der Waals surface area contributed by atoms with Crippen LogP contribution in [0.15, 0.2) is 0 Å². The standard InChI is InChI=1S/C15H28N2O3/c1-6-12(2)13(18)16-8-7-9-17(11-10-16)14(19)20-15(3,4)5/h12H,6-11H2,1-5H3. The van der Waals surface area contributed by atoms with Gasteiger partial charge in [0.15, 0.2) is 0 Å². The number of carbonyl (C=O) groups is 2. The summed E-state index contributed by atoms with van der Waals surface area (Å²) >= 11 is 0. The number of hydrogen-bond acceptors (Lipinski definition) is 3. The maximum Gasteiger partial charge on any atom is 0.410 e. The van der Waals surface area contributed by atoms with Crippen LogP contribution >= 0.6 is 0 Å². The predicted molar refractivity (Wildman–Crippen MR) is 78.5 cm³/mol. The van der Waals surface area contributed by atoms with Gasteiger partial charge in [0, 0.05) is 32.1 Å². The number of ether oxygens (including phenoxy) is 1. The van der Waals surface area contributed by atoms with Crippen LogP contribution in [-0.4, -0.2) is 53.6 Å². The Balaban J connectivity index is 2.55. The Morgan fingerprint density at radius 1 is 1.10 bits per heavy atom. The first-order chi connectivity index (χ1) is 9.24. The average molecular weight is 284 g/mol. The van der Waals surface area contributed by atoms with E-state index in [1.165, 1.54) is 0 Å². The lowest BCUT2D eigenvalue weighted by molar-refractivity contribution is -0.134. The zero-order valence-electron chi connectivity index (χ0n) is 13.4. The second-order valence-corrected chi connectivity index (χ2v) is 6.46. The van der Waals surface area contributed by atoms with Crippen molar-refractivity contribution in [2.75, 3.05) is 26.2 Å². The van der Waals surface area contributed by atoms with Crippen molar-refractivity contribution in [1.29, 1.82) is 0 Å². The quantitative estimate of drug-likeness (QED) is 0.783. The third-order valence-corrected chi connectivity index (χ3v) is 3.49. The van der Waals surface area contributed by atoms with Crippen molar-refractivity contribution in [1.82, 2.24) is 9.80 Å². The minimum atomic E-state index is -0.477. The topological polar surface area (TPSA) is 49.9 Å². The Kier molecular flexibility index (Phi) is 5.84. The van der Waals surface area contributed by atoms with E-state index < -0.39 is 5.60 Å². The maximum absolute atomic E-state index is 12.2. The molecule has 0 saturated carbocycles. The summed E-state index contributed by atoms with van der Waals surface area (Å²) in [5.41, 5.74) is -0.477. The predicted octanol–water partition coefficient (Wildman–Crippen LogP) is 2.50. The van der Waals surface area contributed by atoms with E-state index in [1.807, 2.05) is 39.5 Å².